The fourth-order valence-electron chi connectivity index (χ4n) is 2.29. The Hall–Kier alpha value is -3.10. The number of likely N-dealkylation sites (N-methyl/N-ethyl adjacent to an activating group) is 1. The second-order valence-electron chi connectivity index (χ2n) is 5.70. The number of ether oxygens (including phenoxy) is 2. The van der Waals surface area contributed by atoms with Crippen molar-refractivity contribution in [2.24, 2.45) is 0 Å². The van der Waals surface area contributed by atoms with Gasteiger partial charge in [0, 0.05) is 12.7 Å². The Morgan fingerprint density at radius 3 is 2.42 bits per heavy atom. The van der Waals surface area contributed by atoms with E-state index in [4.69, 9.17) is 9.47 Å². The summed E-state index contributed by atoms with van der Waals surface area (Å²) in [4.78, 5) is 49.3. The molecule has 1 aromatic carbocycles. The molecule has 26 heavy (non-hydrogen) atoms. The molecule has 0 radical (unpaired) electrons. The number of hydrogen-bond acceptors (Lipinski definition) is 6. The normalized spacial score (nSPS) is 15.0. The molecule has 4 amide bonds. The predicted molar refractivity (Wildman–Crippen MR) is 91.5 cm³/mol. The van der Waals surface area contributed by atoms with Gasteiger partial charge in [-0.1, -0.05) is 0 Å². The van der Waals surface area contributed by atoms with Crippen LogP contribution in [0.4, 0.5) is 10.5 Å². The zero-order valence-corrected chi connectivity index (χ0v) is 14.9. The molecular formula is C17H21N3O6. The number of hydrogen-bond donors (Lipinski definition) is 1. The summed E-state index contributed by atoms with van der Waals surface area (Å²) in [5.74, 6) is -1.18. The van der Waals surface area contributed by atoms with E-state index >= 15 is 0 Å². The minimum atomic E-state index is -1.08. The molecule has 1 atom stereocenters. The molecule has 1 N–H and O–H groups in total. The number of carbonyl (C=O) groups excluding carboxylic acids is 4. The second-order valence-corrected chi connectivity index (χ2v) is 5.70. The maximum atomic E-state index is 12.1. The van der Waals surface area contributed by atoms with Gasteiger partial charge in [0.25, 0.3) is 11.8 Å². The number of rotatable bonds is 7. The van der Waals surface area contributed by atoms with E-state index in [-0.39, 0.29) is 6.54 Å². The van der Waals surface area contributed by atoms with E-state index in [1.54, 1.807) is 24.3 Å². The molecule has 0 aliphatic carbocycles. The Kier molecular flexibility index (Phi) is 6.16. The Balaban J connectivity index is 1.85. The lowest BCUT2D eigenvalue weighted by Gasteiger charge is -2.16. The highest BCUT2D eigenvalue weighted by Gasteiger charge is 2.35. The first-order valence-electron chi connectivity index (χ1n) is 8.10. The quantitative estimate of drug-likeness (QED) is 0.569. The molecule has 0 bridgehead atoms. The SMILES string of the molecule is CCOc1ccc(NC(=O)[C@H](C)OC(=O)CN2C(=O)CN(C)C2=O)cc1. The molecule has 1 aromatic rings. The van der Waals surface area contributed by atoms with Crippen molar-refractivity contribution >= 4 is 29.5 Å². The van der Waals surface area contributed by atoms with Crippen LogP contribution in [0.15, 0.2) is 24.3 Å². The van der Waals surface area contributed by atoms with Crippen LogP contribution in [0.25, 0.3) is 0 Å². The summed E-state index contributed by atoms with van der Waals surface area (Å²) in [6.07, 6.45) is -1.08. The number of urea groups is 1. The van der Waals surface area contributed by atoms with Crippen molar-refractivity contribution in [1.82, 2.24) is 9.80 Å². The Morgan fingerprint density at radius 2 is 1.88 bits per heavy atom. The Morgan fingerprint density at radius 1 is 1.23 bits per heavy atom. The third-order valence-corrected chi connectivity index (χ3v) is 3.63. The lowest BCUT2D eigenvalue weighted by atomic mass is 10.3. The second kappa shape index (κ2) is 8.32. The van der Waals surface area contributed by atoms with Gasteiger partial charge in [0.2, 0.25) is 0 Å². The van der Waals surface area contributed by atoms with Crippen molar-refractivity contribution in [2.75, 3.05) is 32.1 Å². The van der Waals surface area contributed by atoms with Gasteiger partial charge in [-0.15, -0.1) is 0 Å². The molecule has 0 aromatic heterocycles. The van der Waals surface area contributed by atoms with Crippen molar-refractivity contribution in [3.8, 4) is 5.75 Å². The van der Waals surface area contributed by atoms with Crippen molar-refractivity contribution in [2.45, 2.75) is 20.0 Å². The molecule has 1 saturated heterocycles. The van der Waals surface area contributed by atoms with E-state index in [0.717, 1.165) is 4.90 Å². The number of benzene rings is 1. The zero-order valence-electron chi connectivity index (χ0n) is 14.9. The molecule has 0 saturated carbocycles. The van der Waals surface area contributed by atoms with Crippen LogP contribution in [0.5, 0.6) is 5.75 Å². The molecule has 1 aliphatic rings. The van der Waals surface area contributed by atoms with Crippen molar-refractivity contribution in [1.29, 1.82) is 0 Å². The molecule has 140 valence electrons. The van der Waals surface area contributed by atoms with E-state index in [2.05, 4.69) is 5.32 Å². The standard InChI is InChI=1S/C17H21N3O6/c1-4-25-13-7-5-12(6-8-13)18-16(23)11(2)26-15(22)10-20-14(21)9-19(3)17(20)24/h5-8,11H,4,9-10H2,1-3H3,(H,18,23)/t11-/m0/s1. The number of imide groups is 1. The highest BCUT2D eigenvalue weighted by Crippen LogP contribution is 2.16. The number of anilines is 1. The molecule has 1 aliphatic heterocycles. The van der Waals surface area contributed by atoms with E-state index in [0.29, 0.717) is 18.0 Å². The monoisotopic (exact) mass is 363 g/mol. The molecule has 1 fully saturated rings. The average molecular weight is 363 g/mol. The zero-order chi connectivity index (χ0) is 19.3. The first kappa shape index (κ1) is 19.2. The first-order chi connectivity index (χ1) is 12.3. The minimum Gasteiger partial charge on any atom is -0.494 e. The maximum Gasteiger partial charge on any atom is 0.327 e. The fraction of sp³-hybridized carbons (Fsp3) is 0.412. The lowest BCUT2D eigenvalue weighted by Crippen LogP contribution is -2.39. The van der Waals surface area contributed by atoms with E-state index < -0.39 is 36.5 Å². The van der Waals surface area contributed by atoms with Crippen molar-refractivity contribution in [3.05, 3.63) is 24.3 Å². The third-order valence-electron chi connectivity index (χ3n) is 3.63. The maximum absolute atomic E-state index is 12.1. The van der Waals surface area contributed by atoms with Gasteiger partial charge in [0.05, 0.1) is 6.61 Å². The fourth-order valence-corrected chi connectivity index (χ4v) is 2.29. The number of nitrogens with zero attached hydrogens (tertiary/aromatic N) is 2. The smallest absolute Gasteiger partial charge is 0.327 e. The van der Waals surface area contributed by atoms with Crippen LogP contribution >= 0.6 is 0 Å². The predicted octanol–water partition coefficient (Wildman–Crippen LogP) is 0.849. The van der Waals surface area contributed by atoms with Gasteiger partial charge in [0.1, 0.15) is 18.8 Å². The molecule has 9 nitrogen and oxygen atoms in total. The molecule has 0 unspecified atom stereocenters. The Labute approximate surface area is 150 Å². The van der Waals surface area contributed by atoms with Crippen molar-refractivity contribution in [3.63, 3.8) is 0 Å². The summed E-state index contributed by atoms with van der Waals surface area (Å²) in [7, 11) is 1.46. The summed E-state index contributed by atoms with van der Waals surface area (Å²) >= 11 is 0. The van der Waals surface area contributed by atoms with Crippen LogP contribution in [0, 0.1) is 0 Å². The molecular weight excluding hydrogens is 342 g/mol. The van der Waals surface area contributed by atoms with Gasteiger partial charge in [-0.25, -0.2) is 4.79 Å². The van der Waals surface area contributed by atoms with Crippen LogP contribution in [-0.4, -0.2) is 66.5 Å². The molecule has 9 heteroatoms. The molecule has 0 spiro atoms. The first-order valence-corrected chi connectivity index (χ1v) is 8.10. The summed E-state index contributed by atoms with van der Waals surface area (Å²) in [5, 5.41) is 2.61. The van der Waals surface area contributed by atoms with Gasteiger partial charge < -0.3 is 19.7 Å². The van der Waals surface area contributed by atoms with Gasteiger partial charge in [-0.05, 0) is 38.1 Å². The largest absolute Gasteiger partial charge is 0.494 e. The number of nitrogens with one attached hydrogen (secondary N) is 1. The van der Waals surface area contributed by atoms with Gasteiger partial charge in [0.15, 0.2) is 6.10 Å². The highest BCUT2D eigenvalue weighted by atomic mass is 16.5. The van der Waals surface area contributed by atoms with Crippen LogP contribution in [0.1, 0.15) is 13.8 Å². The molecule has 1 heterocycles. The van der Waals surface area contributed by atoms with Crippen LogP contribution in [0.2, 0.25) is 0 Å². The van der Waals surface area contributed by atoms with Crippen LogP contribution in [-0.2, 0) is 19.1 Å². The van der Waals surface area contributed by atoms with E-state index in [9.17, 15) is 19.2 Å². The summed E-state index contributed by atoms with van der Waals surface area (Å²) in [5.41, 5.74) is 0.521. The van der Waals surface area contributed by atoms with Gasteiger partial charge in [-0.2, -0.15) is 0 Å². The topological polar surface area (TPSA) is 105 Å². The van der Waals surface area contributed by atoms with Crippen LogP contribution in [0.3, 0.4) is 0 Å². The molecule has 2 rings (SSSR count). The summed E-state index contributed by atoms with van der Waals surface area (Å²) in [6, 6.07) is 6.16. The van der Waals surface area contributed by atoms with Crippen molar-refractivity contribution < 1.29 is 28.7 Å². The number of amides is 4. The minimum absolute atomic E-state index is 0.0834. The average Bonchev–Trinajstić information content (AvgIpc) is 2.83. The van der Waals surface area contributed by atoms with E-state index in [1.807, 2.05) is 6.92 Å². The number of carbonyl (C=O) groups is 4. The van der Waals surface area contributed by atoms with E-state index in [1.165, 1.54) is 18.9 Å². The highest BCUT2D eigenvalue weighted by molar-refractivity contribution is 6.04. The summed E-state index contributed by atoms with van der Waals surface area (Å²) in [6.45, 7) is 3.20. The summed E-state index contributed by atoms with van der Waals surface area (Å²) < 4.78 is 10.3. The Bertz CT molecular complexity index is 703. The lowest BCUT2D eigenvalue weighted by molar-refractivity contribution is -0.154. The van der Waals surface area contributed by atoms with Gasteiger partial charge in [-0.3, -0.25) is 19.3 Å². The van der Waals surface area contributed by atoms with Gasteiger partial charge >= 0.3 is 12.0 Å². The third kappa shape index (κ3) is 4.71. The van der Waals surface area contributed by atoms with Crippen LogP contribution < -0.4 is 10.1 Å². The number of esters is 1.